The minimum Gasteiger partial charge on any atom is -0.384 e. The van der Waals surface area contributed by atoms with E-state index in [-0.39, 0.29) is 6.54 Å². The molecule has 26 heavy (non-hydrogen) atoms. The van der Waals surface area contributed by atoms with Crippen LogP contribution < -0.4 is 4.72 Å². The van der Waals surface area contributed by atoms with Gasteiger partial charge >= 0.3 is 0 Å². The normalized spacial score (nSPS) is 15.2. The fraction of sp³-hybridized carbons (Fsp3) is 0.350. The lowest BCUT2D eigenvalue weighted by molar-refractivity contribution is 0.0627. The first kappa shape index (κ1) is 20.3. The predicted octanol–water partition coefficient (Wildman–Crippen LogP) is 3.09. The largest absolute Gasteiger partial charge is 0.384 e. The zero-order valence-electron chi connectivity index (χ0n) is 15.3. The number of benzene rings is 2. The fourth-order valence-corrected chi connectivity index (χ4v) is 3.69. The van der Waals surface area contributed by atoms with Crippen LogP contribution in [0.25, 0.3) is 11.1 Å². The Morgan fingerprint density at radius 3 is 2.04 bits per heavy atom. The molecular weight excluding hydrogens is 350 g/mol. The third kappa shape index (κ3) is 4.78. The highest BCUT2D eigenvalue weighted by molar-refractivity contribution is 7.90. The van der Waals surface area contributed by atoms with E-state index < -0.39 is 20.9 Å². The van der Waals surface area contributed by atoms with Gasteiger partial charge in [0.2, 0.25) is 10.0 Å². The molecule has 0 spiro atoms. The lowest BCUT2D eigenvalue weighted by Crippen LogP contribution is -2.41. The second kappa shape index (κ2) is 8.12. The van der Waals surface area contributed by atoms with E-state index in [0.29, 0.717) is 17.5 Å². The maximum absolute atomic E-state index is 12.1. The second-order valence-corrected chi connectivity index (χ2v) is 8.86. The van der Waals surface area contributed by atoms with Gasteiger partial charge < -0.3 is 5.11 Å². The molecule has 0 bridgehead atoms. The summed E-state index contributed by atoms with van der Waals surface area (Å²) in [6, 6.07) is 14.5. The molecule has 0 heterocycles. The summed E-state index contributed by atoms with van der Waals surface area (Å²) in [5.41, 5.74) is 1.82. The van der Waals surface area contributed by atoms with Gasteiger partial charge in [-0.05, 0) is 37.0 Å². The second-order valence-electron chi connectivity index (χ2n) is 6.68. The van der Waals surface area contributed by atoms with Crippen LogP contribution in [-0.4, -0.2) is 31.6 Å². The van der Waals surface area contributed by atoms with Crippen molar-refractivity contribution >= 4 is 16.3 Å². The van der Waals surface area contributed by atoms with Gasteiger partial charge in [0.15, 0.2) is 0 Å². The third-order valence-electron chi connectivity index (χ3n) is 4.61. The number of hydrogen-bond acceptors (Lipinski definition) is 4. The smallest absolute Gasteiger partial charge is 0.214 e. The molecule has 5 nitrogen and oxygen atoms in total. The monoisotopic (exact) mass is 375 g/mol. The van der Waals surface area contributed by atoms with Crippen LogP contribution in [0, 0.1) is 0 Å². The Kier molecular flexibility index (Phi) is 6.34. The van der Waals surface area contributed by atoms with E-state index in [9.17, 15) is 18.3 Å². The molecule has 140 valence electrons. The highest BCUT2D eigenvalue weighted by Gasteiger charge is 2.27. The summed E-state index contributed by atoms with van der Waals surface area (Å²) in [7, 11) is -3.45. The number of sulfonamides is 1. The molecule has 0 aliphatic rings. The number of aldehydes is 1. The van der Waals surface area contributed by atoms with Crippen LogP contribution in [-0.2, 0) is 15.6 Å². The summed E-state index contributed by atoms with van der Waals surface area (Å²) in [5.74, 6) is 0. The van der Waals surface area contributed by atoms with Crippen molar-refractivity contribution in [1.82, 2.24) is 4.72 Å². The molecule has 0 saturated carbocycles. The van der Waals surface area contributed by atoms with Crippen LogP contribution in [0.5, 0.6) is 0 Å². The van der Waals surface area contributed by atoms with Gasteiger partial charge in [0, 0.05) is 12.1 Å². The molecule has 0 aromatic heterocycles. The Morgan fingerprint density at radius 1 is 1.08 bits per heavy atom. The first-order chi connectivity index (χ1) is 12.2. The quantitative estimate of drug-likeness (QED) is 0.695. The molecule has 0 aliphatic heterocycles. The maximum atomic E-state index is 12.1. The minimum atomic E-state index is -3.45. The summed E-state index contributed by atoms with van der Waals surface area (Å²) in [4.78, 5) is 10.7. The van der Waals surface area contributed by atoms with E-state index in [1.807, 2.05) is 31.2 Å². The number of aliphatic hydroxyl groups is 1. The van der Waals surface area contributed by atoms with Crippen molar-refractivity contribution in [2.24, 2.45) is 0 Å². The van der Waals surface area contributed by atoms with Crippen LogP contribution in [0.3, 0.4) is 0 Å². The summed E-state index contributed by atoms with van der Waals surface area (Å²) in [5, 5.41) is 10.2. The average Bonchev–Trinajstić information content (AvgIpc) is 2.66. The first-order valence-corrected chi connectivity index (χ1v) is 10.1. The number of carbonyl (C=O) groups excluding carboxylic acids is 1. The Balaban J connectivity index is 2.13. The molecule has 0 saturated heterocycles. The van der Waals surface area contributed by atoms with E-state index in [1.165, 1.54) is 0 Å². The Bertz CT molecular complexity index is 840. The van der Waals surface area contributed by atoms with Gasteiger partial charge in [-0.25, -0.2) is 13.1 Å². The first-order valence-electron chi connectivity index (χ1n) is 8.56. The van der Waals surface area contributed by atoms with Gasteiger partial charge in [-0.3, -0.25) is 4.79 Å². The fourth-order valence-electron chi connectivity index (χ4n) is 2.48. The molecule has 2 rings (SSSR count). The molecule has 2 aromatic rings. The molecule has 2 unspecified atom stereocenters. The predicted molar refractivity (Wildman–Crippen MR) is 104 cm³/mol. The number of hydrogen-bond donors (Lipinski definition) is 2. The van der Waals surface area contributed by atoms with E-state index in [1.54, 1.807) is 38.1 Å². The lowest BCUT2D eigenvalue weighted by Gasteiger charge is -2.25. The molecular formula is C20H25NO4S. The Morgan fingerprint density at radius 2 is 1.58 bits per heavy atom. The van der Waals surface area contributed by atoms with Crippen molar-refractivity contribution in [3.63, 3.8) is 0 Å². The molecule has 0 radical (unpaired) electrons. The van der Waals surface area contributed by atoms with Crippen LogP contribution in [0.4, 0.5) is 0 Å². The van der Waals surface area contributed by atoms with Gasteiger partial charge in [0.1, 0.15) is 11.9 Å². The topological polar surface area (TPSA) is 83.5 Å². The van der Waals surface area contributed by atoms with Crippen molar-refractivity contribution in [1.29, 1.82) is 0 Å². The van der Waals surface area contributed by atoms with Gasteiger partial charge in [-0.15, -0.1) is 0 Å². The van der Waals surface area contributed by atoms with Crippen LogP contribution in [0.2, 0.25) is 0 Å². The summed E-state index contributed by atoms with van der Waals surface area (Å²) >= 11 is 0. The van der Waals surface area contributed by atoms with Crippen molar-refractivity contribution < 1.29 is 18.3 Å². The maximum Gasteiger partial charge on any atom is 0.214 e. The van der Waals surface area contributed by atoms with Crippen LogP contribution in [0.15, 0.2) is 48.5 Å². The number of carbonyl (C=O) groups is 1. The summed E-state index contributed by atoms with van der Waals surface area (Å²) in [6.45, 7) is 4.94. The molecule has 0 fully saturated rings. The van der Waals surface area contributed by atoms with Crippen molar-refractivity contribution in [3.8, 4) is 11.1 Å². The van der Waals surface area contributed by atoms with Crippen molar-refractivity contribution in [2.75, 3.05) is 6.54 Å². The zero-order valence-corrected chi connectivity index (χ0v) is 16.1. The number of nitrogens with one attached hydrogen (secondary N) is 1. The zero-order chi connectivity index (χ0) is 19.4. The van der Waals surface area contributed by atoms with Crippen molar-refractivity contribution in [2.45, 2.75) is 38.0 Å². The highest BCUT2D eigenvalue weighted by Crippen LogP contribution is 2.25. The third-order valence-corrected chi connectivity index (χ3v) is 6.55. The van der Waals surface area contributed by atoms with Crippen LogP contribution >= 0.6 is 0 Å². The average molecular weight is 375 g/mol. The van der Waals surface area contributed by atoms with Crippen molar-refractivity contribution in [3.05, 3.63) is 59.7 Å². The lowest BCUT2D eigenvalue weighted by atomic mass is 9.94. The van der Waals surface area contributed by atoms with E-state index in [2.05, 4.69) is 4.72 Å². The van der Waals surface area contributed by atoms with E-state index >= 15 is 0 Å². The summed E-state index contributed by atoms with van der Waals surface area (Å²) in [6.07, 6.45) is 1.31. The molecule has 2 aromatic carbocycles. The van der Waals surface area contributed by atoms with Gasteiger partial charge in [-0.2, -0.15) is 0 Å². The van der Waals surface area contributed by atoms with Gasteiger partial charge in [0.25, 0.3) is 0 Å². The molecule has 6 heteroatoms. The summed E-state index contributed by atoms with van der Waals surface area (Å²) < 4.78 is 26.7. The Labute approximate surface area is 155 Å². The van der Waals surface area contributed by atoms with Gasteiger partial charge in [-0.1, -0.05) is 55.5 Å². The standard InChI is InChI=1S/C20H25NO4S/c1-4-15(2)26(24,25)21-14-20(3,23)19-11-9-18(10-12-19)17-7-5-16(13-22)6-8-17/h5-13,15,21,23H,4,14H2,1-3H3. The van der Waals surface area contributed by atoms with Gasteiger partial charge in [0.05, 0.1) is 5.25 Å². The highest BCUT2D eigenvalue weighted by atomic mass is 32.2. The molecule has 0 aliphatic carbocycles. The Hall–Kier alpha value is -2.02. The SMILES string of the molecule is CCC(C)S(=O)(=O)NCC(C)(O)c1ccc(-c2ccc(C=O)cc2)cc1. The minimum absolute atomic E-state index is 0.0902. The van der Waals surface area contributed by atoms with E-state index in [4.69, 9.17) is 0 Å². The molecule has 2 N–H and O–H groups in total. The van der Waals surface area contributed by atoms with E-state index in [0.717, 1.165) is 17.4 Å². The number of rotatable bonds is 8. The molecule has 2 atom stereocenters. The molecule has 0 amide bonds. The van der Waals surface area contributed by atoms with Crippen LogP contribution in [0.1, 0.15) is 43.1 Å².